The van der Waals surface area contributed by atoms with Gasteiger partial charge >= 0.3 is 0 Å². The van der Waals surface area contributed by atoms with Crippen LogP contribution < -0.4 is 0 Å². The predicted octanol–water partition coefficient (Wildman–Crippen LogP) is 5.71. The Labute approximate surface area is 135 Å². The minimum Gasteiger partial charge on any atom is -0.362 e. The van der Waals surface area contributed by atoms with Gasteiger partial charge in [-0.25, -0.2) is 0 Å². The lowest BCUT2D eigenvalue weighted by Gasteiger charge is -2.26. The van der Waals surface area contributed by atoms with Gasteiger partial charge in [-0.2, -0.15) is 0 Å². The van der Waals surface area contributed by atoms with Gasteiger partial charge in [0, 0.05) is 23.2 Å². The SMILES string of the molecule is CC(C)c1cc2c([nH]1)CC1=C(C=CC(C)(C(C)C)C=C1)CC2. The van der Waals surface area contributed by atoms with E-state index in [0.717, 1.165) is 19.3 Å². The fourth-order valence-electron chi connectivity index (χ4n) is 3.35. The van der Waals surface area contributed by atoms with Crippen LogP contribution in [0.5, 0.6) is 0 Å². The molecule has 0 saturated carbocycles. The first kappa shape index (κ1) is 15.4. The maximum absolute atomic E-state index is 3.68. The Morgan fingerprint density at radius 1 is 1.00 bits per heavy atom. The highest BCUT2D eigenvalue weighted by Gasteiger charge is 2.25. The van der Waals surface area contributed by atoms with Gasteiger partial charge in [0.1, 0.15) is 0 Å². The Kier molecular flexibility index (Phi) is 3.92. The van der Waals surface area contributed by atoms with E-state index in [9.17, 15) is 0 Å². The molecule has 0 aliphatic heterocycles. The molecule has 2 aliphatic rings. The van der Waals surface area contributed by atoms with Crippen LogP contribution >= 0.6 is 0 Å². The molecule has 1 heteroatoms. The zero-order valence-corrected chi connectivity index (χ0v) is 14.7. The van der Waals surface area contributed by atoms with Crippen molar-refractivity contribution in [2.45, 2.75) is 59.8 Å². The molecular formula is C21H29N. The summed E-state index contributed by atoms with van der Waals surface area (Å²) in [6, 6.07) is 2.39. The third kappa shape index (κ3) is 2.74. The molecule has 22 heavy (non-hydrogen) atoms. The maximum Gasteiger partial charge on any atom is 0.0226 e. The van der Waals surface area contributed by atoms with Gasteiger partial charge in [-0.1, -0.05) is 58.9 Å². The molecule has 118 valence electrons. The normalized spacial score (nSPS) is 24.5. The van der Waals surface area contributed by atoms with Gasteiger partial charge in [-0.05, 0) is 47.5 Å². The van der Waals surface area contributed by atoms with Crippen molar-refractivity contribution in [3.63, 3.8) is 0 Å². The third-order valence-electron chi connectivity index (χ3n) is 5.61. The summed E-state index contributed by atoms with van der Waals surface area (Å²) in [5.41, 5.74) is 7.53. The zero-order valence-electron chi connectivity index (χ0n) is 14.7. The largest absolute Gasteiger partial charge is 0.362 e. The van der Waals surface area contributed by atoms with Crippen LogP contribution in [0.2, 0.25) is 0 Å². The first-order chi connectivity index (χ1) is 10.4. The Balaban J connectivity index is 1.93. The van der Waals surface area contributed by atoms with E-state index in [0.29, 0.717) is 11.8 Å². The predicted molar refractivity (Wildman–Crippen MR) is 95.2 cm³/mol. The molecule has 0 fully saturated rings. The average molecular weight is 295 g/mol. The lowest BCUT2D eigenvalue weighted by Crippen LogP contribution is -2.17. The lowest BCUT2D eigenvalue weighted by atomic mass is 9.78. The van der Waals surface area contributed by atoms with Crippen LogP contribution in [0.4, 0.5) is 0 Å². The molecular weight excluding hydrogens is 266 g/mol. The summed E-state index contributed by atoms with van der Waals surface area (Å²) >= 11 is 0. The molecule has 0 bridgehead atoms. The molecule has 0 radical (unpaired) electrons. The van der Waals surface area contributed by atoms with Crippen LogP contribution in [0.15, 0.2) is 41.5 Å². The molecule has 0 aromatic carbocycles. The Morgan fingerprint density at radius 2 is 1.68 bits per heavy atom. The number of hydrogen-bond acceptors (Lipinski definition) is 0. The topological polar surface area (TPSA) is 15.8 Å². The summed E-state index contributed by atoms with van der Waals surface area (Å²) in [5.74, 6) is 1.20. The van der Waals surface area contributed by atoms with Gasteiger partial charge in [0.2, 0.25) is 0 Å². The molecule has 1 aromatic heterocycles. The average Bonchev–Trinajstić information content (AvgIpc) is 2.69. The van der Waals surface area contributed by atoms with Gasteiger partial charge in [0.25, 0.3) is 0 Å². The minimum absolute atomic E-state index is 0.174. The molecule has 1 heterocycles. The molecule has 1 aromatic rings. The van der Waals surface area contributed by atoms with Crippen molar-refractivity contribution in [1.29, 1.82) is 0 Å². The third-order valence-corrected chi connectivity index (χ3v) is 5.61. The van der Waals surface area contributed by atoms with E-state index < -0.39 is 0 Å². The Morgan fingerprint density at radius 3 is 2.32 bits per heavy atom. The first-order valence-electron chi connectivity index (χ1n) is 8.70. The van der Waals surface area contributed by atoms with Crippen LogP contribution in [-0.2, 0) is 12.8 Å². The van der Waals surface area contributed by atoms with Crippen molar-refractivity contribution in [2.24, 2.45) is 11.3 Å². The number of rotatable bonds is 2. The quantitative estimate of drug-likeness (QED) is 0.719. The van der Waals surface area contributed by atoms with E-state index in [1.807, 2.05) is 0 Å². The highest BCUT2D eigenvalue weighted by atomic mass is 14.7. The molecule has 1 nitrogen and oxygen atoms in total. The maximum atomic E-state index is 3.68. The van der Waals surface area contributed by atoms with Gasteiger partial charge < -0.3 is 4.98 Å². The Bertz CT molecular complexity index is 651. The number of aryl methyl sites for hydroxylation is 1. The molecule has 3 rings (SSSR count). The second-order valence-corrected chi connectivity index (χ2v) is 7.80. The van der Waals surface area contributed by atoms with Crippen molar-refractivity contribution in [1.82, 2.24) is 4.98 Å². The number of hydrogen-bond donors (Lipinski definition) is 1. The number of nitrogens with one attached hydrogen (secondary N) is 1. The zero-order chi connectivity index (χ0) is 15.9. The van der Waals surface area contributed by atoms with E-state index in [1.165, 1.54) is 28.1 Å². The molecule has 1 unspecified atom stereocenters. The van der Waals surface area contributed by atoms with Crippen molar-refractivity contribution >= 4 is 0 Å². The number of aromatic amines is 1. The molecule has 1 atom stereocenters. The second-order valence-electron chi connectivity index (χ2n) is 7.80. The highest BCUT2D eigenvalue weighted by molar-refractivity contribution is 5.45. The van der Waals surface area contributed by atoms with E-state index in [1.54, 1.807) is 0 Å². The van der Waals surface area contributed by atoms with Crippen molar-refractivity contribution in [3.05, 3.63) is 58.5 Å². The van der Waals surface area contributed by atoms with Gasteiger partial charge in [-0.3, -0.25) is 0 Å². The molecule has 0 spiro atoms. The second kappa shape index (κ2) is 5.61. The summed E-state index contributed by atoms with van der Waals surface area (Å²) in [4.78, 5) is 3.68. The van der Waals surface area contributed by atoms with E-state index in [2.05, 4.69) is 70.0 Å². The van der Waals surface area contributed by atoms with Crippen LogP contribution in [0, 0.1) is 11.3 Å². The van der Waals surface area contributed by atoms with Crippen LogP contribution in [0.25, 0.3) is 0 Å². The van der Waals surface area contributed by atoms with Crippen LogP contribution in [-0.4, -0.2) is 4.98 Å². The van der Waals surface area contributed by atoms with E-state index in [-0.39, 0.29) is 5.41 Å². The lowest BCUT2D eigenvalue weighted by molar-refractivity contribution is 0.383. The molecule has 0 saturated heterocycles. The van der Waals surface area contributed by atoms with Crippen LogP contribution in [0.3, 0.4) is 0 Å². The number of fused-ring (bicyclic) bond motifs is 1. The smallest absolute Gasteiger partial charge is 0.0226 e. The monoisotopic (exact) mass is 295 g/mol. The van der Waals surface area contributed by atoms with Gasteiger partial charge in [-0.15, -0.1) is 0 Å². The molecule has 2 aliphatic carbocycles. The fraction of sp³-hybridized carbons (Fsp3) is 0.524. The highest BCUT2D eigenvalue weighted by Crippen LogP contribution is 2.37. The van der Waals surface area contributed by atoms with Crippen molar-refractivity contribution in [3.8, 4) is 0 Å². The summed E-state index contributed by atoms with van der Waals surface area (Å²) in [7, 11) is 0. The van der Waals surface area contributed by atoms with Gasteiger partial charge in [0.05, 0.1) is 0 Å². The summed E-state index contributed by atoms with van der Waals surface area (Å²) in [6.45, 7) is 11.5. The Hall–Kier alpha value is -1.50. The van der Waals surface area contributed by atoms with Gasteiger partial charge in [0.15, 0.2) is 0 Å². The summed E-state index contributed by atoms with van der Waals surface area (Å²) in [5, 5.41) is 0. The number of H-pyrrole nitrogens is 1. The van der Waals surface area contributed by atoms with E-state index >= 15 is 0 Å². The molecule has 0 amide bonds. The van der Waals surface area contributed by atoms with E-state index in [4.69, 9.17) is 0 Å². The summed E-state index contributed by atoms with van der Waals surface area (Å²) < 4.78 is 0. The standard InChI is InChI=1S/C21H29N/c1-14(2)19-13-18-7-6-16-8-10-21(5,15(3)4)11-9-17(16)12-20(18)22-19/h8-11,13-15,22H,6-7,12H2,1-5H3. The molecule has 1 N–H and O–H groups in total. The minimum atomic E-state index is 0.174. The first-order valence-corrected chi connectivity index (χ1v) is 8.70. The van der Waals surface area contributed by atoms with Crippen LogP contribution in [0.1, 0.15) is 63.9 Å². The van der Waals surface area contributed by atoms with Crippen molar-refractivity contribution in [2.75, 3.05) is 0 Å². The number of allylic oxidation sites excluding steroid dienone is 6. The fourth-order valence-corrected chi connectivity index (χ4v) is 3.35. The summed E-state index contributed by atoms with van der Waals surface area (Å²) in [6.07, 6.45) is 13.0. The number of aromatic nitrogens is 1. The van der Waals surface area contributed by atoms with Crippen molar-refractivity contribution < 1.29 is 0 Å².